The number of aromatic carboxylic acids is 1. The molecule has 0 fully saturated rings. The van der Waals surface area contributed by atoms with Crippen LogP contribution >= 0.6 is 0 Å². The SMILES string of the molecule is CCOCCNc1c(C(=O)O)cccc1[N+](=O)[O-]. The number of carboxylic acids is 1. The van der Waals surface area contributed by atoms with Crippen molar-refractivity contribution in [3.63, 3.8) is 0 Å². The van der Waals surface area contributed by atoms with Crippen molar-refractivity contribution in [2.75, 3.05) is 25.1 Å². The number of nitro benzene ring substituents is 1. The van der Waals surface area contributed by atoms with E-state index < -0.39 is 10.9 Å². The Labute approximate surface area is 104 Å². The summed E-state index contributed by atoms with van der Waals surface area (Å²) in [5, 5.41) is 22.5. The van der Waals surface area contributed by atoms with E-state index in [4.69, 9.17) is 9.84 Å². The van der Waals surface area contributed by atoms with Gasteiger partial charge in [-0.05, 0) is 13.0 Å². The van der Waals surface area contributed by atoms with E-state index in [1.807, 2.05) is 6.92 Å². The summed E-state index contributed by atoms with van der Waals surface area (Å²) in [6.45, 7) is 3.01. The van der Waals surface area contributed by atoms with Crippen LogP contribution in [-0.4, -0.2) is 35.8 Å². The number of nitrogens with one attached hydrogen (secondary N) is 1. The van der Waals surface area contributed by atoms with Crippen molar-refractivity contribution in [3.05, 3.63) is 33.9 Å². The van der Waals surface area contributed by atoms with Crippen molar-refractivity contribution >= 4 is 17.3 Å². The first-order valence-electron chi connectivity index (χ1n) is 5.40. The molecule has 0 aliphatic heterocycles. The summed E-state index contributed by atoms with van der Waals surface area (Å²) in [4.78, 5) is 21.2. The molecule has 0 bridgehead atoms. The summed E-state index contributed by atoms with van der Waals surface area (Å²) < 4.78 is 5.08. The Bertz CT molecular complexity index is 415. The second kappa shape index (κ2) is 6.55. The van der Waals surface area contributed by atoms with Crippen LogP contribution in [0.5, 0.6) is 0 Å². The fourth-order valence-corrected chi connectivity index (χ4v) is 1.45. The zero-order valence-corrected chi connectivity index (χ0v) is 9.88. The van der Waals surface area contributed by atoms with Gasteiger partial charge in [0.2, 0.25) is 0 Å². The van der Waals surface area contributed by atoms with E-state index in [0.29, 0.717) is 19.8 Å². The number of carboxylic acid groups (broad SMARTS) is 1. The molecule has 0 aliphatic rings. The number of nitrogens with zero attached hydrogens (tertiary/aromatic N) is 1. The van der Waals surface area contributed by atoms with Crippen molar-refractivity contribution < 1.29 is 19.6 Å². The second-order valence-corrected chi connectivity index (χ2v) is 3.39. The quantitative estimate of drug-likeness (QED) is 0.436. The van der Waals surface area contributed by atoms with E-state index >= 15 is 0 Å². The molecular formula is C11H14N2O5. The van der Waals surface area contributed by atoms with Gasteiger partial charge in [0, 0.05) is 19.2 Å². The average Bonchev–Trinajstić information content (AvgIpc) is 2.34. The lowest BCUT2D eigenvalue weighted by Crippen LogP contribution is -2.13. The third-order valence-electron chi connectivity index (χ3n) is 2.22. The summed E-state index contributed by atoms with van der Waals surface area (Å²) in [6, 6.07) is 3.92. The number of benzene rings is 1. The fourth-order valence-electron chi connectivity index (χ4n) is 1.45. The summed E-state index contributed by atoms with van der Waals surface area (Å²) >= 11 is 0. The first kappa shape index (κ1) is 13.9. The highest BCUT2D eigenvalue weighted by atomic mass is 16.6. The topological polar surface area (TPSA) is 102 Å². The molecule has 0 atom stereocenters. The average molecular weight is 254 g/mol. The normalized spacial score (nSPS) is 10.1. The molecule has 7 heteroatoms. The molecule has 0 radical (unpaired) electrons. The number of hydrogen-bond donors (Lipinski definition) is 2. The van der Waals surface area contributed by atoms with Gasteiger partial charge in [-0.3, -0.25) is 10.1 Å². The Kier molecular flexibility index (Phi) is 5.06. The summed E-state index contributed by atoms with van der Waals surface area (Å²) in [5.41, 5.74) is -0.373. The number of para-hydroxylation sites is 1. The molecule has 98 valence electrons. The Balaban J connectivity index is 2.96. The van der Waals surface area contributed by atoms with Crippen LogP contribution in [0.4, 0.5) is 11.4 Å². The van der Waals surface area contributed by atoms with Crippen molar-refractivity contribution in [1.29, 1.82) is 0 Å². The molecule has 1 aromatic carbocycles. The molecule has 0 saturated heterocycles. The van der Waals surface area contributed by atoms with E-state index in [2.05, 4.69) is 5.32 Å². The molecule has 0 heterocycles. The van der Waals surface area contributed by atoms with Crippen LogP contribution in [0, 0.1) is 10.1 Å². The number of nitro groups is 1. The van der Waals surface area contributed by atoms with Crippen LogP contribution in [0.1, 0.15) is 17.3 Å². The first-order valence-corrected chi connectivity index (χ1v) is 5.40. The van der Waals surface area contributed by atoms with E-state index in [9.17, 15) is 14.9 Å². The van der Waals surface area contributed by atoms with Crippen LogP contribution < -0.4 is 5.32 Å². The minimum Gasteiger partial charge on any atom is -0.478 e. The Morgan fingerprint density at radius 2 is 2.28 bits per heavy atom. The second-order valence-electron chi connectivity index (χ2n) is 3.39. The van der Waals surface area contributed by atoms with Gasteiger partial charge >= 0.3 is 5.97 Å². The third-order valence-corrected chi connectivity index (χ3v) is 2.22. The highest BCUT2D eigenvalue weighted by molar-refractivity contribution is 5.96. The largest absolute Gasteiger partial charge is 0.478 e. The van der Waals surface area contributed by atoms with E-state index in [1.165, 1.54) is 18.2 Å². The molecule has 0 spiro atoms. The van der Waals surface area contributed by atoms with Crippen LogP contribution in [0.2, 0.25) is 0 Å². The van der Waals surface area contributed by atoms with E-state index in [-0.39, 0.29) is 16.9 Å². The molecule has 18 heavy (non-hydrogen) atoms. The molecule has 0 unspecified atom stereocenters. The molecule has 0 saturated carbocycles. The Hall–Kier alpha value is -2.15. The van der Waals surface area contributed by atoms with Gasteiger partial charge in [0.25, 0.3) is 5.69 Å². The molecule has 1 rings (SSSR count). The highest BCUT2D eigenvalue weighted by Crippen LogP contribution is 2.28. The van der Waals surface area contributed by atoms with Crippen molar-refractivity contribution in [1.82, 2.24) is 0 Å². The Morgan fingerprint density at radius 3 is 2.83 bits per heavy atom. The van der Waals surface area contributed by atoms with Crippen LogP contribution in [0.3, 0.4) is 0 Å². The van der Waals surface area contributed by atoms with Gasteiger partial charge in [-0.15, -0.1) is 0 Å². The minimum atomic E-state index is -1.21. The molecule has 1 aromatic rings. The standard InChI is InChI=1S/C11H14N2O5/c1-2-18-7-6-12-10-8(11(14)15)4-3-5-9(10)13(16)17/h3-5,12H,2,6-7H2,1H3,(H,14,15). The lowest BCUT2D eigenvalue weighted by molar-refractivity contribution is -0.384. The minimum absolute atomic E-state index is 0.00898. The van der Waals surface area contributed by atoms with Gasteiger partial charge < -0.3 is 15.2 Å². The molecule has 0 aromatic heterocycles. The number of ether oxygens (including phenoxy) is 1. The number of rotatable bonds is 7. The molecular weight excluding hydrogens is 240 g/mol. The smallest absolute Gasteiger partial charge is 0.338 e. The zero-order valence-electron chi connectivity index (χ0n) is 9.88. The maximum Gasteiger partial charge on any atom is 0.338 e. The van der Waals surface area contributed by atoms with Crippen LogP contribution in [-0.2, 0) is 4.74 Å². The van der Waals surface area contributed by atoms with E-state index in [0.717, 1.165) is 0 Å². The molecule has 0 amide bonds. The summed E-state index contributed by atoms with van der Waals surface area (Å²) in [7, 11) is 0. The summed E-state index contributed by atoms with van der Waals surface area (Å²) in [5.74, 6) is -1.21. The van der Waals surface area contributed by atoms with Gasteiger partial charge in [0.05, 0.1) is 17.1 Å². The highest BCUT2D eigenvalue weighted by Gasteiger charge is 2.20. The van der Waals surface area contributed by atoms with Crippen molar-refractivity contribution in [2.24, 2.45) is 0 Å². The van der Waals surface area contributed by atoms with Gasteiger partial charge in [0.15, 0.2) is 0 Å². The van der Waals surface area contributed by atoms with Gasteiger partial charge in [-0.1, -0.05) is 6.07 Å². The molecule has 0 aliphatic carbocycles. The fraction of sp³-hybridized carbons (Fsp3) is 0.364. The summed E-state index contributed by atoms with van der Waals surface area (Å²) in [6.07, 6.45) is 0. The van der Waals surface area contributed by atoms with E-state index in [1.54, 1.807) is 0 Å². The predicted octanol–water partition coefficient (Wildman–Crippen LogP) is 1.74. The molecule has 7 nitrogen and oxygen atoms in total. The van der Waals surface area contributed by atoms with Gasteiger partial charge in [-0.2, -0.15) is 0 Å². The van der Waals surface area contributed by atoms with Crippen LogP contribution in [0.15, 0.2) is 18.2 Å². The maximum absolute atomic E-state index is 11.0. The predicted molar refractivity (Wildman–Crippen MR) is 65.0 cm³/mol. The lowest BCUT2D eigenvalue weighted by atomic mass is 10.1. The van der Waals surface area contributed by atoms with Crippen molar-refractivity contribution in [2.45, 2.75) is 6.92 Å². The third kappa shape index (κ3) is 3.42. The first-order chi connectivity index (χ1) is 8.57. The Morgan fingerprint density at radius 1 is 1.56 bits per heavy atom. The number of carbonyl (C=O) groups is 1. The van der Waals surface area contributed by atoms with Gasteiger partial charge in [0.1, 0.15) is 5.69 Å². The lowest BCUT2D eigenvalue weighted by Gasteiger charge is -2.09. The van der Waals surface area contributed by atoms with Crippen molar-refractivity contribution in [3.8, 4) is 0 Å². The number of hydrogen-bond acceptors (Lipinski definition) is 5. The van der Waals surface area contributed by atoms with Gasteiger partial charge in [-0.25, -0.2) is 4.79 Å². The maximum atomic E-state index is 11.0. The van der Waals surface area contributed by atoms with Crippen LogP contribution in [0.25, 0.3) is 0 Å². The zero-order chi connectivity index (χ0) is 13.5. The molecule has 2 N–H and O–H groups in total. The monoisotopic (exact) mass is 254 g/mol. The number of anilines is 1.